The number of amides is 2. The fourth-order valence-electron chi connectivity index (χ4n) is 3.38. The predicted octanol–water partition coefficient (Wildman–Crippen LogP) is 2.23. The van der Waals surface area contributed by atoms with Crippen LogP contribution in [0.25, 0.3) is 20.8 Å². The minimum Gasteiger partial charge on any atom is -0.347 e. The Hall–Kier alpha value is -2.81. The third kappa shape index (κ3) is 5.02. The zero-order valence-electron chi connectivity index (χ0n) is 16.9. The molecule has 2 aromatic carbocycles. The molecule has 1 fully saturated rings. The number of hydrogen-bond donors (Lipinski definition) is 3. The van der Waals surface area contributed by atoms with Crippen LogP contribution in [0, 0.1) is 6.92 Å². The monoisotopic (exact) mass is 423 g/mol. The van der Waals surface area contributed by atoms with Gasteiger partial charge in [-0.15, -0.1) is 11.3 Å². The van der Waals surface area contributed by atoms with Crippen molar-refractivity contribution in [2.45, 2.75) is 6.92 Å². The third-order valence-corrected chi connectivity index (χ3v) is 6.13. The number of carbonyl (C=O) groups is 2. The second kappa shape index (κ2) is 9.34. The number of thiazole rings is 1. The average Bonchev–Trinajstić information content (AvgIpc) is 3.18. The number of aryl methyl sites for hydroxylation is 1. The number of piperazine rings is 1. The van der Waals surface area contributed by atoms with Gasteiger partial charge in [0.2, 0.25) is 0 Å². The molecule has 3 N–H and O–H groups in total. The normalized spacial score (nSPS) is 14.6. The fourth-order valence-corrected chi connectivity index (χ4v) is 4.45. The number of nitrogens with one attached hydrogen (secondary N) is 3. The van der Waals surface area contributed by atoms with Crippen LogP contribution in [-0.2, 0) is 9.59 Å². The summed E-state index contributed by atoms with van der Waals surface area (Å²) in [6.07, 6.45) is 0. The molecule has 8 heteroatoms. The van der Waals surface area contributed by atoms with E-state index in [1.165, 1.54) is 5.56 Å². The lowest BCUT2D eigenvalue weighted by Crippen LogP contribution is -2.47. The molecule has 1 saturated heterocycles. The smallest absolute Gasteiger partial charge is 0.313 e. The van der Waals surface area contributed by atoms with Crippen LogP contribution in [0.1, 0.15) is 5.56 Å². The van der Waals surface area contributed by atoms with Crippen LogP contribution in [-0.4, -0.2) is 61.0 Å². The molecule has 2 amide bonds. The number of benzene rings is 2. The number of carbonyl (C=O) groups excluding carboxylic acids is 2. The minimum absolute atomic E-state index is 0.461. The Kier molecular flexibility index (Phi) is 6.37. The molecule has 7 nitrogen and oxygen atoms in total. The van der Waals surface area contributed by atoms with Crippen molar-refractivity contribution in [1.82, 2.24) is 20.5 Å². The highest BCUT2D eigenvalue weighted by Crippen LogP contribution is 2.31. The van der Waals surface area contributed by atoms with Gasteiger partial charge in [0.25, 0.3) is 0 Å². The van der Waals surface area contributed by atoms with Gasteiger partial charge in [-0.1, -0.05) is 6.07 Å². The molecule has 1 aliphatic rings. The van der Waals surface area contributed by atoms with Crippen LogP contribution in [0.15, 0.2) is 42.5 Å². The van der Waals surface area contributed by atoms with Gasteiger partial charge in [-0.25, -0.2) is 4.98 Å². The SMILES string of the molecule is Cc1ccc2nc(-c3ccc(NC(=O)C(=O)NCCN4CCNCC4)cc3)sc2c1. The van der Waals surface area contributed by atoms with Crippen molar-refractivity contribution >= 4 is 39.1 Å². The van der Waals surface area contributed by atoms with E-state index in [-0.39, 0.29) is 0 Å². The number of nitrogens with zero attached hydrogens (tertiary/aromatic N) is 2. The molecular weight excluding hydrogens is 398 g/mol. The molecule has 0 saturated carbocycles. The van der Waals surface area contributed by atoms with Crippen LogP contribution >= 0.6 is 11.3 Å². The molecule has 1 aromatic heterocycles. The Bertz CT molecular complexity index is 1040. The lowest BCUT2D eigenvalue weighted by atomic mass is 10.2. The van der Waals surface area contributed by atoms with Crippen LogP contribution in [0.4, 0.5) is 5.69 Å². The number of hydrogen-bond acceptors (Lipinski definition) is 6. The summed E-state index contributed by atoms with van der Waals surface area (Å²) >= 11 is 1.64. The number of rotatable bonds is 5. The lowest BCUT2D eigenvalue weighted by molar-refractivity contribution is -0.136. The largest absolute Gasteiger partial charge is 0.347 e. The van der Waals surface area contributed by atoms with E-state index in [0.29, 0.717) is 12.2 Å². The molecule has 4 rings (SSSR count). The first-order valence-corrected chi connectivity index (χ1v) is 10.9. The second-order valence-electron chi connectivity index (χ2n) is 7.37. The summed E-state index contributed by atoms with van der Waals surface area (Å²) in [5.41, 5.74) is 3.75. The summed E-state index contributed by atoms with van der Waals surface area (Å²) in [6, 6.07) is 13.6. The molecular formula is C22H25N5O2S. The van der Waals surface area contributed by atoms with E-state index in [9.17, 15) is 9.59 Å². The van der Waals surface area contributed by atoms with E-state index in [1.807, 2.05) is 18.2 Å². The van der Waals surface area contributed by atoms with Gasteiger partial charge in [0.15, 0.2) is 0 Å². The summed E-state index contributed by atoms with van der Waals surface area (Å²) in [4.78, 5) is 31.1. The highest BCUT2D eigenvalue weighted by atomic mass is 32.1. The average molecular weight is 424 g/mol. The van der Waals surface area contributed by atoms with Crippen molar-refractivity contribution in [1.29, 1.82) is 0 Å². The molecule has 1 aliphatic heterocycles. The molecule has 0 unspecified atom stereocenters. The summed E-state index contributed by atoms with van der Waals surface area (Å²) in [6.45, 7) is 7.12. The van der Waals surface area contributed by atoms with Crippen molar-refractivity contribution < 1.29 is 9.59 Å². The van der Waals surface area contributed by atoms with Gasteiger partial charge in [-0.3, -0.25) is 14.5 Å². The van der Waals surface area contributed by atoms with Gasteiger partial charge >= 0.3 is 11.8 Å². The summed E-state index contributed by atoms with van der Waals surface area (Å²) in [5.74, 6) is -1.27. The maximum Gasteiger partial charge on any atom is 0.313 e. The van der Waals surface area contributed by atoms with Gasteiger partial charge in [0, 0.05) is 50.5 Å². The molecule has 0 atom stereocenters. The minimum atomic E-state index is -0.654. The topological polar surface area (TPSA) is 86.4 Å². The number of fused-ring (bicyclic) bond motifs is 1. The van der Waals surface area contributed by atoms with Crippen LogP contribution in [0.5, 0.6) is 0 Å². The highest BCUT2D eigenvalue weighted by Gasteiger charge is 2.15. The van der Waals surface area contributed by atoms with Crippen molar-refractivity contribution in [3.8, 4) is 10.6 Å². The number of anilines is 1. The van der Waals surface area contributed by atoms with E-state index in [1.54, 1.807) is 23.5 Å². The van der Waals surface area contributed by atoms with Gasteiger partial charge < -0.3 is 16.0 Å². The van der Waals surface area contributed by atoms with E-state index >= 15 is 0 Å². The quantitative estimate of drug-likeness (QED) is 0.548. The number of aromatic nitrogens is 1. The van der Waals surface area contributed by atoms with Crippen molar-refractivity contribution in [2.75, 3.05) is 44.6 Å². The Labute approximate surface area is 179 Å². The summed E-state index contributed by atoms with van der Waals surface area (Å²) in [5, 5.41) is 9.55. The molecule has 0 aliphatic carbocycles. The molecule has 156 valence electrons. The van der Waals surface area contributed by atoms with Gasteiger partial charge in [0.05, 0.1) is 10.2 Å². The summed E-state index contributed by atoms with van der Waals surface area (Å²) < 4.78 is 1.15. The maximum atomic E-state index is 12.1. The standard InChI is InChI=1S/C22H25N5O2S/c1-15-2-7-18-19(14-15)30-22(26-18)16-3-5-17(6-4-16)25-21(29)20(28)24-10-13-27-11-8-23-9-12-27/h2-7,14,23H,8-13H2,1H3,(H,24,28)(H,25,29). The Balaban J connectivity index is 1.31. The van der Waals surface area contributed by atoms with Crippen molar-refractivity contribution in [3.05, 3.63) is 48.0 Å². The van der Waals surface area contributed by atoms with E-state index < -0.39 is 11.8 Å². The second-order valence-corrected chi connectivity index (χ2v) is 8.40. The zero-order valence-corrected chi connectivity index (χ0v) is 17.7. The fraction of sp³-hybridized carbons (Fsp3) is 0.318. The highest BCUT2D eigenvalue weighted by molar-refractivity contribution is 7.21. The molecule has 0 radical (unpaired) electrons. The zero-order chi connectivity index (χ0) is 20.9. The van der Waals surface area contributed by atoms with E-state index in [2.05, 4.69) is 44.9 Å². The molecule has 0 spiro atoms. The maximum absolute atomic E-state index is 12.1. The predicted molar refractivity (Wildman–Crippen MR) is 121 cm³/mol. The summed E-state index contributed by atoms with van der Waals surface area (Å²) in [7, 11) is 0. The first-order chi connectivity index (χ1) is 14.6. The Morgan fingerprint density at radius 2 is 1.87 bits per heavy atom. The van der Waals surface area contributed by atoms with E-state index in [0.717, 1.165) is 53.5 Å². The van der Waals surface area contributed by atoms with Crippen molar-refractivity contribution in [3.63, 3.8) is 0 Å². The Morgan fingerprint density at radius 1 is 1.10 bits per heavy atom. The Morgan fingerprint density at radius 3 is 2.63 bits per heavy atom. The van der Waals surface area contributed by atoms with Crippen molar-refractivity contribution in [2.24, 2.45) is 0 Å². The third-order valence-electron chi connectivity index (χ3n) is 5.06. The van der Waals surface area contributed by atoms with Crippen LogP contribution < -0.4 is 16.0 Å². The first-order valence-electron chi connectivity index (χ1n) is 10.1. The molecule has 0 bridgehead atoms. The van der Waals surface area contributed by atoms with Gasteiger partial charge in [0.1, 0.15) is 5.01 Å². The van der Waals surface area contributed by atoms with Gasteiger partial charge in [-0.2, -0.15) is 0 Å². The van der Waals surface area contributed by atoms with E-state index in [4.69, 9.17) is 0 Å². The van der Waals surface area contributed by atoms with Gasteiger partial charge in [-0.05, 0) is 48.9 Å². The first kappa shape index (κ1) is 20.5. The van der Waals surface area contributed by atoms with Crippen LogP contribution in [0.3, 0.4) is 0 Å². The molecule has 30 heavy (non-hydrogen) atoms. The lowest BCUT2D eigenvalue weighted by Gasteiger charge is -2.26. The molecule has 3 aromatic rings. The van der Waals surface area contributed by atoms with Crippen LogP contribution in [0.2, 0.25) is 0 Å². The molecule has 2 heterocycles.